The Labute approximate surface area is 169 Å². The zero-order valence-corrected chi connectivity index (χ0v) is 17.2. The SMILES string of the molecule is Cn1nccc1-c1sc(C(=O)N[C@@H](CN)Cc2ccccc2Cl)cc1Br. The van der Waals surface area contributed by atoms with Crippen LogP contribution in [0, 0.1) is 0 Å². The molecule has 0 unspecified atom stereocenters. The van der Waals surface area contributed by atoms with Crippen molar-refractivity contribution >= 4 is 44.8 Å². The number of nitrogens with one attached hydrogen (secondary N) is 1. The Balaban J connectivity index is 1.75. The highest BCUT2D eigenvalue weighted by Crippen LogP contribution is 2.36. The summed E-state index contributed by atoms with van der Waals surface area (Å²) in [5, 5.41) is 7.86. The zero-order valence-electron chi connectivity index (χ0n) is 14.1. The second-order valence-electron chi connectivity index (χ2n) is 5.83. The topological polar surface area (TPSA) is 72.9 Å². The minimum Gasteiger partial charge on any atom is -0.347 e. The summed E-state index contributed by atoms with van der Waals surface area (Å²) in [7, 11) is 1.87. The number of thiophene rings is 1. The van der Waals surface area contributed by atoms with Crippen molar-refractivity contribution in [1.82, 2.24) is 15.1 Å². The molecule has 0 bridgehead atoms. The van der Waals surface area contributed by atoms with Crippen molar-refractivity contribution < 1.29 is 4.79 Å². The van der Waals surface area contributed by atoms with Crippen LogP contribution in [0.3, 0.4) is 0 Å². The van der Waals surface area contributed by atoms with E-state index < -0.39 is 0 Å². The molecule has 0 fully saturated rings. The second-order valence-corrected chi connectivity index (χ2v) is 8.14. The first-order valence-electron chi connectivity index (χ1n) is 8.01. The molecule has 0 spiro atoms. The van der Waals surface area contributed by atoms with Crippen LogP contribution in [0.1, 0.15) is 15.2 Å². The molecule has 2 heterocycles. The van der Waals surface area contributed by atoms with Gasteiger partial charge in [0.05, 0.1) is 15.4 Å². The Morgan fingerprint density at radius 3 is 2.85 bits per heavy atom. The Bertz CT molecular complexity index is 924. The molecule has 1 amide bonds. The van der Waals surface area contributed by atoms with Gasteiger partial charge < -0.3 is 11.1 Å². The summed E-state index contributed by atoms with van der Waals surface area (Å²) >= 11 is 11.2. The molecule has 8 heteroatoms. The minimum atomic E-state index is -0.191. The number of amides is 1. The molecule has 3 rings (SSSR count). The zero-order chi connectivity index (χ0) is 18.7. The van der Waals surface area contributed by atoms with Crippen LogP contribution in [0.15, 0.2) is 47.1 Å². The van der Waals surface area contributed by atoms with Gasteiger partial charge in [0.25, 0.3) is 5.91 Å². The lowest BCUT2D eigenvalue weighted by atomic mass is 10.1. The summed E-state index contributed by atoms with van der Waals surface area (Å²) in [6.45, 7) is 0.331. The molecule has 0 aliphatic carbocycles. The van der Waals surface area contributed by atoms with Gasteiger partial charge in [-0.1, -0.05) is 29.8 Å². The average molecular weight is 454 g/mol. The van der Waals surface area contributed by atoms with Gasteiger partial charge in [-0.15, -0.1) is 11.3 Å². The first-order chi connectivity index (χ1) is 12.5. The molecule has 2 aromatic heterocycles. The average Bonchev–Trinajstić information content (AvgIpc) is 3.21. The van der Waals surface area contributed by atoms with Gasteiger partial charge in [-0.2, -0.15) is 5.10 Å². The molecule has 3 N–H and O–H groups in total. The van der Waals surface area contributed by atoms with E-state index in [1.165, 1.54) is 11.3 Å². The highest BCUT2D eigenvalue weighted by atomic mass is 79.9. The van der Waals surface area contributed by atoms with Crippen LogP contribution in [-0.2, 0) is 13.5 Å². The molecular weight excluding hydrogens is 436 g/mol. The van der Waals surface area contributed by atoms with Crippen molar-refractivity contribution in [3.63, 3.8) is 0 Å². The fourth-order valence-electron chi connectivity index (χ4n) is 2.63. The Morgan fingerprint density at radius 2 is 2.19 bits per heavy atom. The van der Waals surface area contributed by atoms with E-state index in [0.717, 1.165) is 20.6 Å². The number of rotatable bonds is 6. The molecule has 0 radical (unpaired) electrons. The number of nitrogens with zero attached hydrogens (tertiary/aromatic N) is 2. The van der Waals surface area contributed by atoms with Gasteiger partial charge in [0.15, 0.2) is 0 Å². The number of carbonyl (C=O) groups is 1. The van der Waals surface area contributed by atoms with Gasteiger partial charge in [0, 0.05) is 35.3 Å². The van der Waals surface area contributed by atoms with Crippen molar-refractivity contribution in [2.75, 3.05) is 6.54 Å². The standard InChI is InChI=1S/C18H18BrClN4OS/c1-24-15(6-7-22-24)17-13(19)9-16(26-17)18(25)23-12(10-21)8-11-4-2-3-5-14(11)20/h2-7,9,12H,8,10,21H2,1H3,(H,23,25)/t12-/m1/s1. The van der Waals surface area contributed by atoms with Crippen LogP contribution in [0.2, 0.25) is 5.02 Å². The number of nitrogens with two attached hydrogens (primary N) is 1. The van der Waals surface area contributed by atoms with Gasteiger partial charge >= 0.3 is 0 Å². The molecule has 0 aliphatic rings. The maximum absolute atomic E-state index is 12.7. The molecular formula is C18H18BrClN4OS. The lowest BCUT2D eigenvalue weighted by Crippen LogP contribution is -2.41. The van der Waals surface area contributed by atoms with E-state index in [4.69, 9.17) is 17.3 Å². The maximum atomic E-state index is 12.7. The van der Waals surface area contributed by atoms with Crippen LogP contribution in [0.25, 0.3) is 10.6 Å². The molecule has 136 valence electrons. The van der Waals surface area contributed by atoms with E-state index in [9.17, 15) is 4.79 Å². The lowest BCUT2D eigenvalue weighted by Gasteiger charge is -2.17. The van der Waals surface area contributed by atoms with Crippen molar-refractivity contribution in [3.8, 4) is 10.6 Å². The Kier molecular flexibility index (Phi) is 6.13. The van der Waals surface area contributed by atoms with Crippen molar-refractivity contribution in [2.45, 2.75) is 12.5 Å². The van der Waals surface area contributed by atoms with Gasteiger partial charge in [-0.25, -0.2) is 0 Å². The number of aryl methyl sites for hydroxylation is 1. The van der Waals surface area contributed by atoms with Crippen LogP contribution in [0.5, 0.6) is 0 Å². The van der Waals surface area contributed by atoms with Crippen LogP contribution < -0.4 is 11.1 Å². The number of hydrogen-bond acceptors (Lipinski definition) is 4. The molecule has 3 aromatic rings. The van der Waals surface area contributed by atoms with Crippen LogP contribution in [0.4, 0.5) is 0 Å². The van der Waals surface area contributed by atoms with Crippen molar-refractivity contribution in [2.24, 2.45) is 12.8 Å². The highest BCUT2D eigenvalue weighted by Gasteiger charge is 2.19. The van der Waals surface area contributed by atoms with Crippen molar-refractivity contribution in [3.05, 3.63) is 62.5 Å². The van der Waals surface area contributed by atoms with E-state index in [-0.39, 0.29) is 11.9 Å². The summed E-state index contributed by atoms with van der Waals surface area (Å²) < 4.78 is 2.64. The second kappa shape index (κ2) is 8.35. The first kappa shape index (κ1) is 19.1. The molecule has 0 saturated carbocycles. The number of aromatic nitrogens is 2. The highest BCUT2D eigenvalue weighted by molar-refractivity contribution is 9.10. The summed E-state index contributed by atoms with van der Waals surface area (Å²) in [6, 6.07) is 11.1. The van der Waals surface area contributed by atoms with E-state index in [1.54, 1.807) is 10.9 Å². The third kappa shape index (κ3) is 4.17. The fraction of sp³-hybridized carbons (Fsp3) is 0.222. The summed E-state index contributed by atoms with van der Waals surface area (Å²) in [5.74, 6) is -0.147. The van der Waals surface area contributed by atoms with Gasteiger partial charge in [0.2, 0.25) is 0 Å². The summed E-state index contributed by atoms with van der Waals surface area (Å²) in [4.78, 5) is 14.3. The fourth-order valence-corrected chi connectivity index (χ4v) is 4.68. The predicted molar refractivity (Wildman–Crippen MR) is 110 cm³/mol. The number of benzene rings is 1. The van der Waals surface area contributed by atoms with E-state index >= 15 is 0 Å². The first-order valence-corrected chi connectivity index (χ1v) is 10.0. The Morgan fingerprint density at radius 1 is 1.42 bits per heavy atom. The van der Waals surface area contributed by atoms with Gasteiger partial charge in [-0.3, -0.25) is 9.48 Å². The van der Waals surface area contributed by atoms with Gasteiger partial charge in [0.1, 0.15) is 0 Å². The number of halogens is 2. The molecule has 5 nitrogen and oxygen atoms in total. The van der Waals surface area contributed by atoms with Gasteiger partial charge in [-0.05, 0) is 46.1 Å². The molecule has 0 saturated heterocycles. The molecule has 1 aromatic carbocycles. The number of hydrogen-bond donors (Lipinski definition) is 2. The lowest BCUT2D eigenvalue weighted by molar-refractivity contribution is 0.0942. The third-order valence-electron chi connectivity index (χ3n) is 4.01. The maximum Gasteiger partial charge on any atom is 0.261 e. The van der Waals surface area contributed by atoms with Crippen molar-refractivity contribution in [1.29, 1.82) is 0 Å². The third-order valence-corrected chi connectivity index (χ3v) is 6.42. The number of carbonyl (C=O) groups excluding carboxylic acids is 1. The Hall–Kier alpha value is -1.67. The largest absolute Gasteiger partial charge is 0.347 e. The minimum absolute atomic E-state index is 0.147. The quantitative estimate of drug-likeness (QED) is 0.595. The predicted octanol–water partition coefficient (Wildman–Crippen LogP) is 3.86. The van der Waals surface area contributed by atoms with E-state index in [2.05, 4.69) is 26.3 Å². The monoisotopic (exact) mass is 452 g/mol. The summed E-state index contributed by atoms with van der Waals surface area (Å²) in [5.41, 5.74) is 7.77. The van der Waals surface area contributed by atoms with Crippen LogP contribution >= 0.6 is 38.9 Å². The van der Waals surface area contributed by atoms with Crippen LogP contribution in [-0.4, -0.2) is 28.3 Å². The van der Waals surface area contributed by atoms with E-state index in [1.807, 2.05) is 43.4 Å². The molecule has 1 atom stereocenters. The smallest absolute Gasteiger partial charge is 0.261 e. The molecule has 0 aliphatic heterocycles. The summed E-state index contributed by atoms with van der Waals surface area (Å²) in [6.07, 6.45) is 2.32. The normalized spacial score (nSPS) is 12.2. The van der Waals surface area contributed by atoms with E-state index in [0.29, 0.717) is 22.9 Å². The molecule has 26 heavy (non-hydrogen) atoms.